The van der Waals surface area contributed by atoms with Crippen LogP contribution in [-0.2, 0) is 6.54 Å². The molecule has 4 aromatic rings. The first-order valence-electron chi connectivity index (χ1n) is 10.5. The van der Waals surface area contributed by atoms with Crippen molar-refractivity contribution in [1.29, 1.82) is 0 Å². The minimum atomic E-state index is -0.566. The van der Waals surface area contributed by atoms with Crippen molar-refractivity contribution in [2.24, 2.45) is 0 Å². The molecule has 0 saturated carbocycles. The molecule has 0 aliphatic carbocycles. The molecule has 3 heterocycles. The van der Waals surface area contributed by atoms with E-state index in [0.717, 1.165) is 49.4 Å². The van der Waals surface area contributed by atoms with Gasteiger partial charge in [0.25, 0.3) is 0 Å². The van der Waals surface area contributed by atoms with Crippen LogP contribution in [0, 0.1) is 11.6 Å². The summed E-state index contributed by atoms with van der Waals surface area (Å²) in [5.74, 6) is -0.998. The maximum absolute atomic E-state index is 14.4. The van der Waals surface area contributed by atoms with E-state index in [-0.39, 0.29) is 11.5 Å². The van der Waals surface area contributed by atoms with Crippen molar-refractivity contribution >= 4 is 0 Å². The molecule has 0 radical (unpaired) electrons. The van der Waals surface area contributed by atoms with E-state index in [1.807, 2.05) is 41.2 Å². The number of para-hydroxylation sites is 1. The number of nitrogens with one attached hydrogen (secondary N) is 1. The standard InChI is InChI=1S/C24H23F2N5/c25-21-9-4-10-22(26)23(21)20-13-27-29-24(20)18-6-5-11-30(16-18)14-17-12-28-31(15-17)19-7-2-1-3-8-19/h1-4,7-10,12-13,15,18H,5-6,11,14,16H2,(H,27,29). The number of H-pyrrole nitrogens is 1. The van der Waals surface area contributed by atoms with E-state index in [0.29, 0.717) is 5.56 Å². The van der Waals surface area contributed by atoms with Gasteiger partial charge in [-0.2, -0.15) is 10.2 Å². The monoisotopic (exact) mass is 419 g/mol. The maximum Gasteiger partial charge on any atom is 0.134 e. The van der Waals surface area contributed by atoms with Gasteiger partial charge in [0.15, 0.2) is 0 Å². The van der Waals surface area contributed by atoms with E-state index in [9.17, 15) is 8.78 Å². The molecule has 5 nitrogen and oxygen atoms in total. The molecule has 1 N–H and O–H groups in total. The van der Waals surface area contributed by atoms with Crippen LogP contribution < -0.4 is 0 Å². The number of nitrogens with zero attached hydrogens (tertiary/aromatic N) is 4. The maximum atomic E-state index is 14.4. The van der Waals surface area contributed by atoms with Crippen LogP contribution >= 0.6 is 0 Å². The lowest BCUT2D eigenvalue weighted by Crippen LogP contribution is -2.34. The van der Waals surface area contributed by atoms with E-state index >= 15 is 0 Å². The minimum absolute atomic E-state index is 0.00693. The van der Waals surface area contributed by atoms with Gasteiger partial charge in [-0.05, 0) is 43.7 Å². The lowest BCUT2D eigenvalue weighted by molar-refractivity contribution is 0.198. The fourth-order valence-corrected chi connectivity index (χ4v) is 4.42. The average Bonchev–Trinajstić information content (AvgIpc) is 3.45. The second kappa shape index (κ2) is 8.43. The van der Waals surface area contributed by atoms with Gasteiger partial charge in [0.05, 0.1) is 23.6 Å². The third-order valence-electron chi connectivity index (χ3n) is 5.88. The van der Waals surface area contributed by atoms with Crippen LogP contribution in [0.3, 0.4) is 0 Å². The van der Waals surface area contributed by atoms with Gasteiger partial charge >= 0.3 is 0 Å². The minimum Gasteiger partial charge on any atom is -0.298 e. The summed E-state index contributed by atoms with van der Waals surface area (Å²) < 4.78 is 30.6. The highest BCUT2D eigenvalue weighted by molar-refractivity contribution is 5.67. The van der Waals surface area contributed by atoms with Gasteiger partial charge in [-0.1, -0.05) is 24.3 Å². The Morgan fingerprint density at radius 2 is 1.81 bits per heavy atom. The highest BCUT2D eigenvalue weighted by Crippen LogP contribution is 2.35. The summed E-state index contributed by atoms with van der Waals surface area (Å²) in [6, 6.07) is 14.0. The predicted octanol–water partition coefficient (Wildman–Crippen LogP) is 4.92. The van der Waals surface area contributed by atoms with Crippen LogP contribution in [0.2, 0.25) is 0 Å². The zero-order chi connectivity index (χ0) is 21.2. The molecule has 0 bridgehead atoms. The SMILES string of the molecule is Fc1cccc(F)c1-c1cn[nH]c1C1CCCN(Cc2cnn(-c3ccccc3)c2)C1. The van der Waals surface area contributed by atoms with Crippen LogP contribution in [0.4, 0.5) is 8.78 Å². The molecule has 1 aliphatic heterocycles. The quantitative estimate of drug-likeness (QED) is 0.500. The van der Waals surface area contributed by atoms with Crippen molar-refractivity contribution in [3.63, 3.8) is 0 Å². The molecule has 1 aliphatic rings. The van der Waals surface area contributed by atoms with Crippen molar-refractivity contribution in [1.82, 2.24) is 24.9 Å². The van der Waals surface area contributed by atoms with Gasteiger partial charge in [0, 0.05) is 42.0 Å². The number of hydrogen-bond acceptors (Lipinski definition) is 3. The number of benzene rings is 2. The summed E-state index contributed by atoms with van der Waals surface area (Å²) in [5.41, 5.74) is 3.47. The summed E-state index contributed by atoms with van der Waals surface area (Å²) in [5, 5.41) is 11.6. The number of halogens is 2. The number of likely N-dealkylation sites (tertiary alicyclic amines) is 1. The molecule has 0 spiro atoms. The highest BCUT2D eigenvalue weighted by Gasteiger charge is 2.27. The molecule has 5 rings (SSSR count). The van der Waals surface area contributed by atoms with E-state index in [1.54, 1.807) is 0 Å². The summed E-state index contributed by atoms with van der Waals surface area (Å²) >= 11 is 0. The summed E-state index contributed by atoms with van der Waals surface area (Å²) in [4.78, 5) is 2.36. The van der Waals surface area contributed by atoms with E-state index in [4.69, 9.17) is 0 Å². The molecule has 1 saturated heterocycles. The molecular formula is C24H23F2N5. The highest BCUT2D eigenvalue weighted by atomic mass is 19.1. The van der Waals surface area contributed by atoms with Crippen LogP contribution in [0.15, 0.2) is 67.1 Å². The first-order valence-corrected chi connectivity index (χ1v) is 10.5. The molecule has 1 fully saturated rings. The van der Waals surface area contributed by atoms with E-state index < -0.39 is 11.6 Å². The molecule has 1 unspecified atom stereocenters. The summed E-state index contributed by atoms with van der Waals surface area (Å²) in [7, 11) is 0. The topological polar surface area (TPSA) is 49.7 Å². The fraction of sp³-hybridized carbons (Fsp3) is 0.250. The first kappa shape index (κ1) is 19.6. The van der Waals surface area contributed by atoms with E-state index in [1.165, 1.54) is 24.4 Å². The van der Waals surface area contributed by atoms with Gasteiger partial charge in [0.2, 0.25) is 0 Å². The first-order chi connectivity index (χ1) is 15.2. The molecule has 2 aromatic heterocycles. The van der Waals surface area contributed by atoms with Crippen LogP contribution in [0.25, 0.3) is 16.8 Å². The zero-order valence-corrected chi connectivity index (χ0v) is 17.0. The lowest BCUT2D eigenvalue weighted by atomic mass is 9.90. The fourth-order valence-electron chi connectivity index (χ4n) is 4.42. The van der Waals surface area contributed by atoms with Crippen molar-refractivity contribution in [2.75, 3.05) is 13.1 Å². The molecular weight excluding hydrogens is 396 g/mol. The van der Waals surface area contributed by atoms with Crippen molar-refractivity contribution in [3.8, 4) is 16.8 Å². The average molecular weight is 419 g/mol. The third kappa shape index (κ3) is 4.01. The Kier molecular flexibility index (Phi) is 5.34. The Morgan fingerprint density at radius 1 is 1.00 bits per heavy atom. The Morgan fingerprint density at radius 3 is 2.61 bits per heavy atom. The Labute approximate surface area is 179 Å². The number of rotatable bonds is 5. The zero-order valence-electron chi connectivity index (χ0n) is 17.0. The molecule has 31 heavy (non-hydrogen) atoms. The molecule has 2 aromatic carbocycles. The molecule has 1 atom stereocenters. The van der Waals surface area contributed by atoms with Crippen LogP contribution in [0.5, 0.6) is 0 Å². The van der Waals surface area contributed by atoms with Crippen LogP contribution in [-0.4, -0.2) is 38.0 Å². The summed E-state index contributed by atoms with van der Waals surface area (Å²) in [6.07, 6.45) is 7.43. The third-order valence-corrected chi connectivity index (χ3v) is 5.88. The van der Waals surface area contributed by atoms with Gasteiger partial charge < -0.3 is 0 Å². The second-order valence-electron chi connectivity index (χ2n) is 8.00. The van der Waals surface area contributed by atoms with Crippen molar-refractivity contribution in [3.05, 3.63) is 90.0 Å². The van der Waals surface area contributed by atoms with E-state index in [2.05, 4.69) is 26.4 Å². The van der Waals surface area contributed by atoms with Crippen LogP contribution in [0.1, 0.15) is 30.0 Å². The van der Waals surface area contributed by atoms with Gasteiger partial charge in [-0.25, -0.2) is 13.5 Å². The second-order valence-corrected chi connectivity index (χ2v) is 8.00. The number of aromatic amines is 1. The smallest absolute Gasteiger partial charge is 0.134 e. The van der Waals surface area contributed by atoms with Crippen molar-refractivity contribution in [2.45, 2.75) is 25.3 Å². The number of piperidine rings is 1. The molecule has 158 valence electrons. The Balaban J connectivity index is 1.33. The Hall–Kier alpha value is -3.32. The normalized spacial score (nSPS) is 17.2. The predicted molar refractivity (Wildman–Crippen MR) is 115 cm³/mol. The van der Waals surface area contributed by atoms with Crippen molar-refractivity contribution < 1.29 is 8.78 Å². The lowest BCUT2D eigenvalue weighted by Gasteiger charge is -2.32. The van der Waals surface area contributed by atoms with Gasteiger partial charge in [-0.3, -0.25) is 10.00 Å². The summed E-state index contributed by atoms with van der Waals surface area (Å²) in [6.45, 7) is 2.55. The molecule has 0 amide bonds. The number of aromatic nitrogens is 4. The number of hydrogen-bond donors (Lipinski definition) is 1. The largest absolute Gasteiger partial charge is 0.298 e. The van der Waals surface area contributed by atoms with Gasteiger partial charge in [0.1, 0.15) is 11.6 Å². The Bertz CT molecular complexity index is 1150. The van der Waals surface area contributed by atoms with Gasteiger partial charge in [-0.15, -0.1) is 0 Å². The molecule has 7 heteroatoms.